The van der Waals surface area contributed by atoms with Crippen LogP contribution in [-0.2, 0) is 10.0 Å². The highest BCUT2D eigenvalue weighted by Crippen LogP contribution is 2.16. The highest BCUT2D eigenvalue weighted by Gasteiger charge is 2.18. The first-order chi connectivity index (χ1) is 10.8. The lowest BCUT2D eigenvalue weighted by Crippen LogP contribution is -2.22. The van der Waals surface area contributed by atoms with Crippen LogP contribution in [0.15, 0.2) is 59.5 Å². The van der Waals surface area contributed by atoms with Crippen molar-refractivity contribution < 1.29 is 13.2 Å². The third kappa shape index (κ3) is 3.94. The molecule has 0 aliphatic heterocycles. The molecule has 0 amide bonds. The summed E-state index contributed by atoms with van der Waals surface area (Å²) < 4.78 is 25.4. The average molecular weight is 329 g/mol. The zero-order valence-corrected chi connectivity index (χ0v) is 14.2. The van der Waals surface area contributed by atoms with Gasteiger partial charge in [-0.1, -0.05) is 42.5 Å². The number of hydrogen-bond acceptors (Lipinski definition) is 3. The van der Waals surface area contributed by atoms with Gasteiger partial charge in [-0.2, -0.15) is 0 Å². The number of aryl methyl sites for hydroxylation is 1. The lowest BCUT2D eigenvalue weighted by Gasteiger charge is -2.11. The first-order valence-electron chi connectivity index (χ1n) is 7.13. The molecule has 0 N–H and O–H groups in total. The Kier molecular flexibility index (Phi) is 5.13. The fraction of sp³-hybridized carbons (Fsp3) is 0.167. The van der Waals surface area contributed by atoms with Gasteiger partial charge in [0.15, 0.2) is 5.78 Å². The van der Waals surface area contributed by atoms with E-state index in [2.05, 4.69) is 0 Å². The van der Waals surface area contributed by atoms with Gasteiger partial charge in [0.25, 0.3) is 0 Å². The highest BCUT2D eigenvalue weighted by molar-refractivity contribution is 7.89. The van der Waals surface area contributed by atoms with Crippen LogP contribution in [0.3, 0.4) is 0 Å². The minimum atomic E-state index is -3.55. The number of hydrogen-bond donors (Lipinski definition) is 0. The third-order valence-electron chi connectivity index (χ3n) is 3.50. The molecule has 5 heteroatoms. The van der Waals surface area contributed by atoms with Gasteiger partial charge in [0.1, 0.15) is 0 Å². The average Bonchev–Trinajstić information content (AvgIpc) is 2.53. The minimum absolute atomic E-state index is 0.109. The predicted octanol–water partition coefficient (Wildman–Crippen LogP) is 3.14. The summed E-state index contributed by atoms with van der Waals surface area (Å²) in [5, 5.41) is 0. The molecule has 2 aromatic rings. The van der Waals surface area contributed by atoms with Gasteiger partial charge in [0.2, 0.25) is 10.0 Å². The van der Waals surface area contributed by atoms with Crippen LogP contribution < -0.4 is 0 Å². The molecule has 120 valence electrons. The van der Waals surface area contributed by atoms with Crippen molar-refractivity contribution in [1.82, 2.24) is 4.31 Å². The predicted molar refractivity (Wildman–Crippen MR) is 91.9 cm³/mol. The smallest absolute Gasteiger partial charge is 0.242 e. The molecular formula is C18H19NO3S. The molecule has 2 aromatic carbocycles. The Hall–Kier alpha value is -2.24. The van der Waals surface area contributed by atoms with Gasteiger partial charge in [0, 0.05) is 19.7 Å². The van der Waals surface area contributed by atoms with Gasteiger partial charge in [-0.05, 0) is 36.3 Å². The van der Waals surface area contributed by atoms with Crippen LogP contribution in [0.25, 0.3) is 6.08 Å². The molecule has 23 heavy (non-hydrogen) atoms. The van der Waals surface area contributed by atoms with Crippen molar-refractivity contribution in [1.29, 1.82) is 0 Å². The number of carbonyl (C=O) groups excluding carboxylic acids is 1. The van der Waals surface area contributed by atoms with Gasteiger partial charge in [-0.15, -0.1) is 0 Å². The van der Waals surface area contributed by atoms with Gasteiger partial charge < -0.3 is 0 Å². The second-order valence-corrected chi connectivity index (χ2v) is 7.52. The van der Waals surface area contributed by atoms with Crippen molar-refractivity contribution in [2.75, 3.05) is 14.1 Å². The van der Waals surface area contributed by atoms with E-state index in [1.165, 1.54) is 32.3 Å². The maximum Gasteiger partial charge on any atom is 0.242 e. The number of ketones is 1. The number of carbonyl (C=O) groups is 1. The van der Waals surface area contributed by atoms with E-state index in [1.807, 2.05) is 31.2 Å². The summed E-state index contributed by atoms with van der Waals surface area (Å²) in [7, 11) is -0.629. The quantitative estimate of drug-likeness (QED) is 0.625. The number of allylic oxidation sites excluding steroid dienone is 1. The first-order valence-corrected chi connectivity index (χ1v) is 8.57. The summed E-state index contributed by atoms with van der Waals surface area (Å²) in [6.07, 6.45) is 3.20. The SMILES string of the molecule is Cc1ccccc1/C=C/C(=O)c1cccc(S(=O)(=O)N(C)C)c1. The fourth-order valence-corrected chi connectivity index (χ4v) is 3.00. The Morgan fingerprint density at radius 2 is 1.74 bits per heavy atom. The number of benzene rings is 2. The fourth-order valence-electron chi connectivity index (χ4n) is 2.06. The maximum atomic E-state index is 12.3. The molecule has 0 radical (unpaired) electrons. The molecule has 0 saturated carbocycles. The summed E-state index contributed by atoms with van der Waals surface area (Å²) in [5.41, 5.74) is 2.37. The largest absolute Gasteiger partial charge is 0.289 e. The van der Waals surface area contributed by atoms with E-state index < -0.39 is 10.0 Å². The Labute approximate surface area is 137 Å². The zero-order valence-electron chi connectivity index (χ0n) is 13.4. The van der Waals surface area contributed by atoms with Crippen molar-refractivity contribution in [3.8, 4) is 0 Å². The second-order valence-electron chi connectivity index (χ2n) is 5.37. The first kappa shape index (κ1) is 17.1. The molecule has 0 unspecified atom stereocenters. The van der Waals surface area contributed by atoms with Crippen LogP contribution in [0, 0.1) is 6.92 Å². The minimum Gasteiger partial charge on any atom is -0.289 e. The summed E-state index contributed by atoms with van der Waals surface area (Å²) >= 11 is 0. The van der Waals surface area contributed by atoms with Crippen molar-refractivity contribution >= 4 is 21.9 Å². The Morgan fingerprint density at radius 3 is 2.39 bits per heavy atom. The lowest BCUT2D eigenvalue weighted by atomic mass is 10.1. The van der Waals surface area contributed by atoms with E-state index in [9.17, 15) is 13.2 Å². The van der Waals surface area contributed by atoms with E-state index in [0.717, 1.165) is 15.4 Å². The van der Waals surface area contributed by atoms with E-state index >= 15 is 0 Å². The van der Waals surface area contributed by atoms with Crippen molar-refractivity contribution in [3.63, 3.8) is 0 Å². The molecule has 0 saturated heterocycles. The molecular weight excluding hydrogens is 310 g/mol. The normalized spacial score (nSPS) is 12.0. The van der Waals surface area contributed by atoms with Crippen LogP contribution in [-0.4, -0.2) is 32.6 Å². The number of sulfonamides is 1. The van der Waals surface area contributed by atoms with Crippen molar-refractivity contribution in [3.05, 3.63) is 71.3 Å². The van der Waals surface area contributed by atoms with Gasteiger partial charge in [-0.25, -0.2) is 12.7 Å². The van der Waals surface area contributed by atoms with Crippen LogP contribution >= 0.6 is 0 Å². The van der Waals surface area contributed by atoms with Gasteiger partial charge >= 0.3 is 0 Å². The summed E-state index contributed by atoms with van der Waals surface area (Å²) in [5.74, 6) is -0.232. The van der Waals surface area contributed by atoms with E-state index in [-0.39, 0.29) is 10.7 Å². The highest BCUT2D eigenvalue weighted by atomic mass is 32.2. The number of nitrogens with zero attached hydrogens (tertiary/aromatic N) is 1. The Morgan fingerprint density at radius 1 is 1.04 bits per heavy atom. The van der Waals surface area contributed by atoms with Crippen LogP contribution in [0.4, 0.5) is 0 Å². The molecule has 0 atom stereocenters. The zero-order chi connectivity index (χ0) is 17.0. The Balaban J connectivity index is 2.29. The van der Waals surface area contributed by atoms with Gasteiger partial charge in [-0.3, -0.25) is 4.79 Å². The van der Waals surface area contributed by atoms with Gasteiger partial charge in [0.05, 0.1) is 4.90 Å². The number of rotatable bonds is 5. The molecule has 4 nitrogen and oxygen atoms in total. The molecule has 0 aliphatic rings. The van der Waals surface area contributed by atoms with Crippen molar-refractivity contribution in [2.45, 2.75) is 11.8 Å². The third-order valence-corrected chi connectivity index (χ3v) is 5.31. The molecule has 0 fully saturated rings. The topological polar surface area (TPSA) is 54.5 Å². The summed E-state index contributed by atoms with van der Waals surface area (Å²) in [6.45, 7) is 1.97. The summed E-state index contributed by atoms with van der Waals surface area (Å²) in [6, 6.07) is 13.8. The van der Waals surface area contributed by atoms with E-state index in [1.54, 1.807) is 18.2 Å². The van der Waals surface area contributed by atoms with Crippen molar-refractivity contribution in [2.24, 2.45) is 0 Å². The maximum absolute atomic E-state index is 12.3. The van der Waals surface area contributed by atoms with E-state index in [0.29, 0.717) is 5.56 Å². The summed E-state index contributed by atoms with van der Waals surface area (Å²) in [4.78, 5) is 12.4. The van der Waals surface area contributed by atoms with Crippen LogP contribution in [0.2, 0.25) is 0 Å². The standard InChI is InChI=1S/C18H19NO3S/c1-14-7-4-5-8-15(14)11-12-18(20)16-9-6-10-17(13-16)23(21,22)19(2)3/h4-13H,1-3H3/b12-11+. The molecule has 2 rings (SSSR count). The molecule has 0 aromatic heterocycles. The molecule has 0 heterocycles. The Bertz CT molecular complexity index is 852. The molecule has 0 bridgehead atoms. The van der Waals surface area contributed by atoms with E-state index in [4.69, 9.17) is 0 Å². The second kappa shape index (κ2) is 6.89. The van der Waals surface area contributed by atoms with Crippen LogP contribution in [0.1, 0.15) is 21.5 Å². The molecule has 0 aliphatic carbocycles. The monoisotopic (exact) mass is 329 g/mol. The van der Waals surface area contributed by atoms with Crippen LogP contribution in [0.5, 0.6) is 0 Å². The lowest BCUT2D eigenvalue weighted by molar-refractivity contribution is 0.104. The molecule has 0 spiro atoms.